The topological polar surface area (TPSA) is 44.8 Å². The molecular weight excluding hydrogens is 438 g/mol. The number of hydrogen-bond donors (Lipinski definition) is 1. The van der Waals surface area contributed by atoms with Gasteiger partial charge < -0.3 is 15.0 Å². The first-order valence-electron chi connectivity index (χ1n) is 10.3. The van der Waals surface area contributed by atoms with Crippen LogP contribution in [0.1, 0.15) is 39.2 Å². The van der Waals surface area contributed by atoms with E-state index in [0.29, 0.717) is 10.7 Å². The van der Waals surface area contributed by atoms with Crippen molar-refractivity contribution in [1.82, 2.24) is 9.80 Å². The van der Waals surface area contributed by atoms with Crippen molar-refractivity contribution in [2.45, 2.75) is 32.2 Å². The van der Waals surface area contributed by atoms with Crippen LogP contribution in [0.5, 0.6) is 0 Å². The Kier molecular flexibility index (Phi) is 6.93. The summed E-state index contributed by atoms with van der Waals surface area (Å²) in [6.07, 6.45) is 4.25. The van der Waals surface area contributed by atoms with E-state index in [2.05, 4.69) is 21.2 Å². The zero-order valence-electron chi connectivity index (χ0n) is 17.1. The molecule has 0 unspecified atom stereocenters. The number of nitrogens with zero attached hydrogens (tertiary/aromatic N) is 2. The van der Waals surface area contributed by atoms with Gasteiger partial charge in [0.1, 0.15) is 5.00 Å². The normalized spacial score (nSPS) is 16.8. The number of carbonyl (C=O) groups excluding carboxylic acids is 1. The van der Waals surface area contributed by atoms with Crippen LogP contribution in [0, 0.1) is 0 Å². The van der Waals surface area contributed by atoms with Gasteiger partial charge in [-0.3, -0.25) is 4.90 Å². The lowest BCUT2D eigenvalue weighted by molar-refractivity contribution is 0.0601. The molecule has 0 bridgehead atoms. The second-order valence-electron chi connectivity index (χ2n) is 7.69. The van der Waals surface area contributed by atoms with E-state index < -0.39 is 0 Å². The lowest BCUT2D eigenvalue weighted by Gasteiger charge is -2.36. The molecule has 0 saturated carbocycles. The molecule has 2 heterocycles. The molecule has 2 aromatic rings. The van der Waals surface area contributed by atoms with Crippen LogP contribution < -0.4 is 5.32 Å². The van der Waals surface area contributed by atoms with Crippen LogP contribution in [0.15, 0.2) is 24.3 Å². The second kappa shape index (κ2) is 9.64. The van der Waals surface area contributed by atoms with E-state index in [1.54, 1.807) is 11.3 Å². The summed E-state index contributed by atoms with van der Waals surface area (Å²) in [5, 5.41) is 5.68. The van der Waals surface area contributed by atoms with Gasteiger partial charge in [-0.15, -0.1) is 11.3 Å². The third kappa shape index (κ3) is 4.64. The lowest BCUT2D eigenvalue weighted by atomic mass is 9.95. The average Bonchev–Trinajstić information content (AvgIpc) is 3.13. The Balaban J connectivity index is 1.39. The maximum atomic E-state index is 12.4. The molecule has 160 valence electrons. The van der Waals surface area contributed by atoms with Crippen molar-refractivity contribution in [3.63, 3.8) is 0 Å². The molecule has 5 nitrogen and oxygen atoms in total. The molecular formula is C22H26ClN3O2S2. The Labute approximate surface area is 192 Å². The molecule has 0 radical (unpaired) electrons. The quantitative estimate of drug-likeness (QED) is 0.529. The van der Waals surface area contributed by atoms with Gasteiger partial charge in [-0.25, -0.2) is 4.79 Å². The maximum absolute atomic E-state index is 12.4. The highest BCUT2D eigenvalue weighted by atomic mass is 35.5. The summed E-state index contributed by atoms with van der Waals surface area (Å²) in [6, 6.07) is 7.99. The third-order valence-corrected chi connectivity index (χ3v) is 7.73. The van der Waals surface area contributed by atoms with Crippen LogP contribution in [0.4, 0.5) is 5.00 Å². The van der Waals surface area contributed by atoms with Gasteiger partial charge in [0.2, 0.25) is 0 Å². The highest BCUT2D eigenvalue weighted by molar-refractivity contribution is 7.80. The fourth-order valence-corrected chi connectivity index (χ4v) is 5.95. The van der Waals surface area contributed by atoms with E-state index >= 15 is 0 Å². The molecule has 30 heavy (non-hydrogen) atoms. The number of rotatable bonds is 4. The fourth-order valence-electron chi connectivity index (χ4n) is 4.12. The number of halogens is 1. The van der Waals surface area contributed by atoms with Gasteiger partial charge >= 0.3 is 5.97 Å². The number of benzene rings is 1. The SMILES string of the molecule is COC(=O)c1c(NC(=S)N2CCN(Cc3ccccc3Cl)CC2)sc2c1CCCC2. The number of fused-ring (bicyclic) bond motifs is 1. The molecule has 0 amide bonds. The number of carbonyl (C=O) groups is 1. The van der Waals surface area contributed by atoms with E-state index in [4.69, 9.17) is 28.6 Å². The van der Waals surface area contributed by atoms with Crippen molar-refractivity contribution >= 4 is 51.2 Å². The molecule has 4 rings (SSSR count). The molecule has 1 aliphatic heterocycles. The fraction of sp³-hybridized carbons (Fsp3) is 0.455. The Morgan fingerprint density at radius 1 is 1.20 bits per heavy atom. The van der Waals surface area contributed by atoms with Gasteiger partial charge in [0.15, 0.2) is 5.11 Å². The number of nitrogens with one attached hydrogen (secondary N) is 1. The van der Waals surface area contributed by atoms with Gasteiger partial charge in [-0.2, -0.15) is 0 Å². The maximum Gasteiger partial charge on any atom is 0.341 e. The largest absolute Gasteiger partial charge is 0.465 e. The van der Waals surface area contributed by atoms with Gasteiger partial charge in [-0.1, -0.05) is 29.8 Å². The van der Waals surface area contributed by atoms with Crippen LogP contribution in [0.3, 0.4) is 0 Å². The molecule has 1 aromatic carbocycles. The number of ether oxygens (including phenoxy) is 1. The van der Waals surface area contributed by atoms with Crippen LogP contribution in [-0.4, -0.2) is 54.2 Å². The van der Waals surface area contributed by atoms with Crippen molar-refractivity contribution < 1.29 is 9.53 Å². The number of methoxy groups -OCH3 is 1. The minimum Gasteiger partial charge on any atom is -0.465 e. The van der Waals surface area contributed by atoms with Gasteiger partial charge in [0, 0.05) is 42.6 Å². The Bertz CT molecular complexity index is 938. The summed E-state index contributed by atoms with van der Waals surface area (Å²) in [5.41, 5.74) is 2.98. The first-order valence-corrected chi connectivity index (χ1v) is 11.9. The van der Waals surface area contributed by atoms with Gasteiger partial charge in [0.05, 0.1) is 12.7 Å². The highest BCUT2D eigenvalue weighted by Gasteiger charge is 2.28. The first kappa shape index (κ1) is 21.6. The Hall–Kier alpha value is -1.67. The van der Waals surface area contributed by atoms with Crippen molar-refractivity contribution in [3.8, 4) is 0 Å². The summed E-state index contributed by atoms with van der Waals surface area (Å²) in [7, 11) is 1.44. The van der Waals surface area contributed by atoms with Crippen LogP contribution in [-0.2, 0) is 24.1 Å². The summed E-state index contributed by atoms with van der Waals surface area (Å²) in [4.78, 5) is 18.3. The van der Waals surface area contributed by atoms with Crippen molar-refractivity contribution in [2.24, 2.45) is 0 Å². The molecule has 1 aliphatic carbocycles. The van der Waals surface area contributed by atoms with Crippen LogP contribution in [0.25, 0.3) is 0 Å². The van der Waals surface area contributed by atoms with Crippen LogP contribution >= 0.6 is 35.2 Å². The van der Waals surface area contributed by atoms with E-state index in [1.807, 2.05) is 18.2 Å². The van der Waals surface area contributed by atoms with Gasteiger partial charge in [-0.05, 0) is 55.1 Å². The third-order valence-electron chi connectivity index (χ3n) is 5.79. The van der Waals surface area contributed by atoms with E-state index in [-0.39, 0.29) is 5.97 Å². The Morgan fingerprint density at radius 3 is 2.67 bits per heavy atom. The number of thiophene rings is 1. The molecule has 1 fully saturated rings. The number of esters is 1. The minimum absolute atomic E-state index is 0.274. The standard InChI is InChI=1S/C22H26ClN3O2S2/c1-28-21(27)19-16-7-3-5-9-18(16)30-20(19)24-22(29)26-12-10-25(11-13-26)14-15-6-2-4-8-17(15)23/h2,4,6,8H,3,5,7,9-14H2,1H3,(H,24,29). The number of hydrogen-bond acceptors (Lipinski definition) is 5. The van der Waals surface area contributed by atoms with Crippen molar-refractivity contribution in [1.29, 1.82) is 0 Å². The average molecular weight is 464 g/mol. The van der Waals surface area contributed by atoms with Crippen molar-refractivity contribution in [2.75, 3.05) is 38.6 Å². The second-order valence-corrected chi connectivity index (χ2v) is 9.59. The van der Waals surface area contributed by atoms with Crippen molar-refractivity contribution in [3.05, 3.63) is 50.9 Å². The van der Waals surface area contributed by atoms with E-state index in [0.717, 1.165) is 73.1 Å². The molecule has 0 spiro atoms. The molecule has 1 aromatic heterocycles. The molecule has 1 N–H and O–H groups in total. The summed E-state index contributed by atoms with van der Waals surface area (Å²) in [5.74, 6) is -0.274. The van der Waals surface area contributed by atoms with E-state index in [9.17, 15) is 4.79 Å². The summed E-state index contributed by atoms with van der Waals surface area (Å²) >= 11 is 13.7. The first-order chi connectivity index (χ1) is 14.6. The number of thiocarbonyl (C=S) groups is 1. The number of piperazine rings is 1. The molecule has 8 heteroatoms. The monoisotopic (exact) mass is 463 g/mol. The number of aryl methyl sites for hydroxylation is 1. The predicted molar refractivity (Wildman–Crippen MR) is 127 cm³/mol. The van der Waals surface area contributed by atoms with E-state index in [1.165, 1.54) is 18.4 Å². The zero-order chi connectivity index (χ0) is 21.1. The molecule has 0 atom stereocenters. The van der Waals surface area contributed by atoms with Crippen LogP contribution in [0.2, 0.25) is 5.02 Å². The van der Waals surface area contributed by atoms with Gasteiger partial charge in [0.25, 0.3) is 0 Å². The smallest absolute Gasteiger partial charge is 0.341 e. The zero-order valence-corrected chi connectivity index (χ0v) is 19.5. The highest BCUT2D eigenvalue weighted by Crippen LogP contribution is 2.38. The minimum atomic E-state index is -0.274. The molecule has 2 aliphatic rings. The summed E-state index contributed by atoms with van der Waals surface area (Å²) in [6.45, 7) is 4.36. The summed E-state index contributed by atoms with van der Waals surface area (Å²) < 4.78 is 5.06. The number of anilines is 1. The molecule has 1 saturated heterocycles. The lowest BCUT2D eigenvalue weighted by Crippen LogP contribution is -2.49. The Morgan fingerprint density at radius 2 is 1.93 bits per heavy atom. The predicted octanol–water partition coefficient (Wildman–Crippen LogP) is 4.58.